The SMILES string of the molecule is CCNCc1ccc(Cn2cnc3c2CCCC3)nc1. The molecule has 4 heteroatoms. The highest BCUT2D eigenvalue weighted by atomic mass is 15.1. The van der Waals surface area contributed by atoms with Gasteiger partial charge in [0.15, 0.2) is 0 Å². The highest BCUT2D eigenvalue weighted by molar-refractivity contribution is 5.19. The van der Waals surface area contributed by atoms with Gasteiger partial charge in [0.25, 0.3) is 0 Å². The first-order valence-corrected chi connectivity index (χ1v) is 7.54. The number of imidazole rings is 1. The highest BCUT2D eigenvalue weighted by Crippen LogP contribution is 2.20. The second-order valence-electron chi connectivity index (χ2n) is 5.41. The summed E-state index contributed by atoms with van der Waals surface area (Å²) >= 11 is 0. The summed E-state index contributed by atoms with van der Waals surface area (Å²) in [6.07, 6.45) is 8.81. The van der Waals surface area contributed by atoms with E-state index >= 15 is 0 Å². The van der Waals surface area contributed by atoms with Gasteiger partial charge in [0.2, 0.25) is 0 Å². The molecule has 0 fully saturated rings. The topological polar surface area (TPSA) is 42.7 Å². The highest BCUT2D eigenvalue weighted by Gasteiger charge is 2.15. The fourth-order valence-electron chi connectivity index (χ4n) is 2.76. The molecule has 0 aliphatic heterocycles. The lowest BCUT2D eigenvalue weighted by Crippen LogP contribution is -2.12. The van der Waals surface area contributed by atoms with E-state index in [1.807, 2.05) is 12.5 Å². The summed E-state index contributed by atoms with van der Waals surface area (Å²) in [7, 11) is 0. The van der Waals surface area contributed by atoms with E-state index < -0.39 is 0 Å². The zero-order valence-electron chi connectivity index (χ0n) is 12.1. The van der Waals surface area contributed by atoms with Crippen LogP contribution in [0.15, 0.2) is 24.7 Å². The van der Waals surface area contributed by atoms with Crippen molar-refractivity contribution in [1.82, 2.24) is 19.9 Å². The van der Waals surface area contributed by atoms with Crippen molar-refractivity contribution >= 4 is 0 Å². The molecule has 0 saturated heterocycles. The van der Waals surface area contributed by atoms with Crippen molar-refractivity contribution in [3.05, 3.63) is 47.3 Å². The van der Waals surface area contributed by atoms with Gasteiger partial charge < -0.3 is 9.88 Å². The molecule has 0 unspecified atom stereocenters. The molecule has 4 nitrogen and oxygen atoms in total. The quantitative estimate of drug-likeness (QED) is 0.906. The Bertz CT molecular complexity index is 556. The molecule has 0 spiro atoms. The molecule has 0 aromatic carbocycles. The molecule has 0 radical (unpaired) electrons. The van der Waals surface area contributed by atoms with Crippen LogP contribution in [-0.4, -0.2) is 21.1 Å². The number of nitrogens with one attached hydrogen (secondary N) is 1. The van der Waals surface area contributed by atoms with Gasteiger partial charge in [0.05, 0.1) is 24.3 Å². The smallest absolute Gasteiger partial charge is 0.0955 e. The van der Waals surface area contributed by atoms with Crippen molar-refractivity contribution < 1.29 is 0 Å². The van der Waals surface area contributed by atoms with E-state index in [1.165, 1.54) is 29.8 Å². The van der Waals surface area contributed by atoms with E-state index in [0.717, 1.165) is 38.2 Å². The molecule has 1 aliphatic carbocycles. The van der Waals surface area contributed by atoms with Crippen molar-refractivity contribution in [2.45, 2.75) is 45.7 Å². The van der Waals surface area contributed by atoms with Crippen LogP contribution in [0.25, 0.3) is 0 Å². The molecule has 1 N–H and O–H groups in total. The molecule has 106 valence electrons. The standard InChI is InChI=1S/C16H22N4/c1-2-17-9-13-7-8-14(18-10-13)11-20-12-19-15-5-3-4-6-16(15)20/h7-8,10,12,17H,2-6,9,11H2,1H3. The summed E-state index contributed by atoms with van der Waals surface area (Å²) < 4.78 is 2.26. The Kier molecular flexibility index (Phi) is 4.11. The van der Waals surface area contributed by atoms with Gasteiger partial charge in [0, 0.05) is 18.4 Å². The zero-order valence-corrected chi connectivity index (χ0v) is 12.1. The van der Waals surface area contributed by atoms with Gasteiger partial charge in [0.1, 0.15) is 0 Å². The number of fused-ring (bicyclic) bond motifs is 1. The average Bonchev–Trinajstić information content (AvgIpc) is 2.90. The van der Waals surface area contributed by atoms with Gasteiger partial charge in [-0.1, -0.05) is 13.0 Å². The van der Waals surface area contributed by atoms with E-state index in [-0.39, 0.29) is 0 Å². The molecule has 2 aromatic rings. The van der Waals surface area contributed by atoms with Gasteiger partial charge in [-0.2, -0.15) is 0 Å². The lowest BCUT2D eigenvalue weighted by atomic mass is 10.0. The van der Waals surface area contributed by atoms with Crippen LogP contribution in [0.2, 0.25) is 0 Å². The Balaban J connectivity index is 1.70. The maximum atomic E-state index is 4.57. The van der Waals surface area contributed by atoms with Crippen molar-refractivity contribution in [3.63, 3.8) is 0 Å². The summed E-state index contributed by atoms with van der Waals surface area (Å²) in [5.74, 6) is 0. The van der Waals surface area contributed by atoms with Crippen molar-refractivity contribution in [2.24, 2.45) is 0 Å². The van der Waals surface area contributed by atoms with Gasteiger partial charge >= 0.3 is 0 Å². The third-order valence-corrected chi connectivity index (χ3v) is 3.91. The van der Waals surface area contributed by atoms with Gasteiger partial charge in [-0.3, -0.25) is 4.98 Å². The minimum Gasteiger partial charge on any atom is -0.328 e. The monoisotopic (exact) mass is 270 g/mol. The lowest BCUT2D eigenvalue weighted by molar-refractivity contribution is 0.624. The number of rotatable bonds is 5. The fourth-order valence-corrected chi connectivity index (χ4v) is 2.76. The first-order chi connectivity index (χ1) is 9.86. The molecule has 0 atom stereocenters. The molecule has 0 saturated carbocycles. The van der Waals surface area contributed by atoms with Crippen LogP contribution in [0, 0.1) is 0 Å². The van der Waals surface area contributed by atoms with E-state index in [4.69, 9.17) is 0 Å². The van der Waals surface area contributed by atoms with Crippen LogP contribution < -0.4 is 5.32 Å². The van der Waals surface area contributed by atoms with Crippen molar-refractivity contribution in [1.29, 1.82) is 0 Å². The first-order valence-electron chi connectivity index (χ1n) is 7.54. The van der Waals surface area contributed by atoms with E-state index in [0.29, 0.717) is 0 Å². The Morgan fingerprint density at radius 3 is 2.90 bits per heavy atom. The molecule has 3 rings (SSSR count). The molecular weight excluding hydrogens is 248 g/mol. The lowest BCUT2D eigenvalue weighted by Gasteiger charge is -2.13. The Hall–Kier alpha value is -1.68. The van der Waals surface area contributed by atoms with Crippen LogP contribution in [0.5, 0.6) is 0 Å². The minimum absolute atomic E-state index is 0.837. The summed E-state index contributed by atoms with van der Waals surface area (Å²) in [6, 6.07) is 4.29. The summed E-state index contributed by atoms with van der Waals surface area (Å²) in [5, 5.41) is 3.32. The Morgan fingerprint density at radius 1 is 1.20 bits per heavy atom. The largest absolute Gasteiger partial charge is 0.328 e. The summed E-state index contributed by atoms with van der Waals surface area (Å²) in [4.78, 5) is 9.10. The number of aromatic nitrogens is 3. The van der Waals surface area contributed by atoms with Crippen LogP contribution in [0.4, 0.5) is 0 Å². The maximum Gasteiger partial charge on any atom is 0.0955 e. The van der Waals surface area contributed by atoms with Gasteiger partial charge in [-0.25, -0.2) is 4.98 Å². The molecule has 0 amide bonds. The Labute approximate surface area is 120 Å². The molecule has 0 bridgehead atoms. The zero-order chi connectivity index (χ0) is 13.8. The number of pyridine rings is 1. The summed E-state index contributed by atoms with van der Waals surface area (Å²) in [5.41, 5.74) is 5.05. The number of aryl methyl sites for hydroxylation is 1. The van der Waals surface area contributed by atoms with Crippen LogP contribution >= 0.6 is 0 Å². The Morgan fingerprint density at radius 2 is 2.10 bits per heavy atom. The first kappa shape index (κ1) is 13.3. The predicted octanol–water partition coefficient (Wildman–Crippen LogP) is 2.31. The van der Waals surface area contributed by atoms with Crippen LogP contribution in [-0.2, 0) is 25.9 Å². The van der Waals surface area contributed by atoms with E-state index in [2.05, 4.69) is 38.9 Å². The van der Waals surface area contributed by atoms with Crippen molar-refractivity contribution in [3.8, 4) is 0 Å². The maximum absolute atomic E-state index is 4.57. The predicted molar refractivity (Wildman–Crippen MR) is 79.6 cm³/mol. The van der Waals surface area contributed by atoms with Gasteiger partial charge in [-0.05, 0) is 43.9 Å². The number of nitrogens with zero attached hydrogens (tertiary/aromatic N) is 3. The summed E-state index contributed by atoms with van der Waals surface area (Å²) in [6.45, 7) is 4.83. The molecular formula is C16H22N4. The van der Waals surface area contributed by atoms with Crippen LogP contribution in [0.1, 0.15) is 42.4 Å². The third-order valence-electron chi connectivity index (χ3n) is 3.91. The van der Waals surface area contributed by atoms with Crippen molar-refractivity contribution in [2.75, 3.05) is 6.54 Å². The van der Waals surface area contributed by atoms with Gasteiger partial charge in [-0.15, -0.1) is 0 Å². The van der Waals surface area contributed by atoms with E-state index in [9.17, 15) is 0 Å². The second kappa shape index (κ2) is 6.18. The number of hydrogen-bond acceptors (Lipinski definition) is 3. The molecule has 1 aliphatic rings. The van der Waals surface area contributed by atoms with Crippen LogP contribution in [0.3, 0.4) is 0 Å². The second-order valence-corrected chi connectivity index (χ2v) is 5.41. The molecule has 20 heavy (non-hydrogen) atoms. The molecule has 2 aromatic heterocycles. The van der Waals surface area contributed by atoms with E-state index in [1.54, 1.807) is 0 Å². The average molecular weight is 270 g/mol. The fraction of sp³-hybridized carbons (Fsp3) is 0.500. The third kappa shape index (κ3) is 2.90. The molecule has 2 heterocycles. The normalized spacial score (nSPS) is 14.2. The minimum atomic E-state index is 0.837. The number of hydrogen-bond donors (Lipinski definition) is 1.